The van der Waals surface area contributed by atoms with Gasteiger partial charge in [-0.15, -0.1) is 11.8 Å². The summed E-state index contributed by atoms with van der Waals surface area (Å²) < 4.78 is 13.2. The molecule has 1 heterocycles. The van der Waals surface area contributed by atoms with Gasteiger partial charge in [-0.3, -0.25) is 0 Å². The van der Waals surface area contributed by atoms with Gasteiger partial charge >= 0.3 is 0 Å². The first-order valence-electron chi connectivity index (χ1n) is 5.31. The van der Waals surface area contributed by atoms with E-state index in [1.807, 2.05) is 23.9 Å². The van der Waals surface area contributed by atoms with Gasteiger partial charge in [0.25, 0.3) is 0 Å². The summed E-state index contributed by atoms with van der Waals surface area (Å²) in [4.78, 5) is 1.32. The molecular formula is C14H11FS. The maximum absolute atomic E-state index is 13.2. The smallest absolute Gasteiger partial charge is 0.123 e. The number of thioether (sulfide) groups is 1. The van der Waals surface area contributed by atoms with Crippen LogP contribution in [0.2, 0.25) is 0 Å². The van der Waals surface area contributed by atoms with Gasteiger partial charge in [-0.2, -0.15) is 0 Å². The summed E-state index contributed by atoms with van der Waals surface area (Å²) in [6, 6.07) is 13.5. The Hall–Kier alpha value is -1.28. The summed E-state index contributed by atoms with van der Waals surface area (Å²) in [7, 11) is 0. The van der Waals surface area contributed by atoms with Crippen molar-refractivity contribution < 1.29 is 4.39 Å². The zero-order valence-corrected chi connectivity index (χ0v) is 9.56. The maximum atomic E-state index is 13.2. The van der Waals surface area contributed by atoms with Crippen LogP contribution in [0.3, 0.4) is 0 Å². The first-order valence-corrected chi connectivity index (χ1v) is 6.29. The zero-order chi connectivity index (χ0) is 11.0. The van der Waals surface area contributed by atoms with E-state index in [9.17, 15) is 4.39 Å². The van der Waals surface area contributed by atoms with Crippen LogP contribution >= 0.6 is 11.8 Å². The fourth-order valence-corrected chi connectivity index (χ4v) is 3.14. The number of fused-ring (bicyclic) bond motifs is 2. The summed E-state index contributed by atoms with van der Waals surface area (Å²) in [6.45, 7) is 0. The molecule has 3 rings (SSSR count). The standard InChI is InChI=1S/C14H11FS/c15-13-6-5-11-9-16-14-4-2-1-3-10(14)7-12(11)8-13/h1-6,8H,7,9H2. The van der Waals surface area contributed by atoms with Crippen molar-refractivity contribution in [3.05, 3.63) is 65.0 Å². The molecule has 0 aliphatic carbocycles. The third-order valence-electron chi connectivity index (χ3n) is 2.90. The van der Waals surface area contributed by atoms with Crippen molar-refractivity contribution in [2.45, 2.75) is 17.1 Å². The molecular weight excluding hydrogens is 219 g/mol. The van der Waals surface area contributed by atoms with Gasteiger partial charge in [-0.05, 0) is 41.3 Å². The summed E-state index contributed by atoms with van der Waals surface area (Å²) in [5.41, 5.74) is 3.68. The zero-order valence-electron chi connectivity index (χ0n) is 8.74. The first kappa shape index (κ1) is 9.91. The predicted molar refractivity (Wildman–Crippen MR) is 65.2 cm³/mol. The van der Waals surface area contributed by atoms with Crippen LogP contribution in [0.5, 0.6) is 0 Å². The predicted octanol–water partition coefficient (Wildman–Crippen LogP) is 4.02. The molecule has 0 spiro atoms. The fraction of sp³-hybridized carbons (Fsp3) is 0.143. The lowest BCUT2D eigenvalue weighted by Crippen LogP contribution is -1.93. The van der Waals surface area contributed by atoms with Gasteiger partial charge in [0.15, 0.2) is 0 Å². The van der Waals surface area contributed by atoms with E-state index in [1.165, 1.54) is 16.0 Å². The minimum atomic E-state index is -0.136. The van der Waals surface area contributed by atoms with Gasteiger partial charge in [0.1, 0.15) is 5.82 Å². The van der Waals surface area contributed by atoms with Crippen molar-refractivity contribution in [1.29, 1.82) is 0 Å². The highest BCUT2D eigenvalue weighted by Gasteiger charge is 2.13. The van der Waals surface area contributed by atoms with Crippen LogP contribution < -0.4 is 0 Å². The van der Waals surface area contributed by atoms with Crippen molar-refractivity contribution >= 4 is 11.8 Å². The molecule has 0 fully saturated rings. The van der Waals surface area contributed by atoms with E-state index in [4.69, 9.17) is 0 Å². The van der Waals surface area contributed by atoms with Gasteiger partial charge in [0.2, 0.25) is 0 Å². The molecule has 0 bridgehead atoms. The molecule has 0 amide bonds. The van der Waals surface area contributed by atoms with E-state index in [1.54, 1.807) is 12.1 Å². The molecule has 0 unspecified atom stereocenters. The van der Waals surface area contributed by atoms with Gasteiger partial charge in [0.05, 0.1) is 0 Å². The third-order valence-corrected chi connectivity index (χ3v) is 4.07. The molecule has 0 aromatic heterocycles. The normalized spacial score (nSPS) is 13.8. The Balaban J connectivity index is 2.10. The molecule has 2 heteroatoms. The van der Waals surface area contributed by atoms with Crippen molar-refractivity contribution in [3.63, 3.8) is 0 Å². The molecule has 0 saturated carbocycles. The highest BCUT2D eigenvalue weighted by Crippen LogP contribution is 2.33. The highest BCUT2D eigenvalue weighted by atomic mass is 32.2. The Labute approximate surface area is 98.5 Å². The Kier molecular flexibility index (Phi) is 2.44. The molecule has 0 nitrogen and oxygen atoms in total. The average Bonchev–Trinajstić information content (AvgIpc) is 2.47. The van der Waals surface area contributed by atoms with E-state index in [-0.39, 0.29) is 5.82 Å². The number of hydrogen-bond acceptors (Lipinski definition) is 1. The van der Waals surface area contributed by atoms with Gasteiger partial charge in [-0.25, -0.2) is 4.39 Å². The minimum absolute atomic E-state index is 0.136. The van der Waals surface area contributed by atoms with Crippen LogP contribution in [-0.2, 0) is 12.2 Å². The lowest BCUT2D eigenvalue weighted by atomic mass is 10.0. The van der Waals surface area contributed by atoms with E-state index in [0.29, 0.717) is 0 Å². The molecule has 0 atom stereocenters. The summed E-state index contributed by atoms with van der Waals surface area (Å²) >= 11 is 1.84. The molecule has 80 valence electrons. The lowest BCUT2D eigenvalue weighted by Gasteiger charge is -2.04. The highest BCUT2D eigenvalue weighted by molar-refractivity contribution is 7.98. The van der Waals surface area contributed by atoms with Crippen LogP contribution in [0.25, 0.3) is 0 Å². The summed E-state index contributed by atoms with van der Waals surface area (Å²) in [6.07, 6.45) is 0.844. The number of rotatable bonds is 0. The first-order chi connectivity index (χ1) is 7.83. The molecule has 1 aliphatic heterocycles. The van der Waals surface area contributed by atoms with Crippen LogP contribution in [-0.4, -0.2) is 0 Å². The van der Waals surface area contributed by atoms with Crippen molar-refractivity contribution in [2.24, 2.45) is 0 Å². The Morgan fingerprint density at radius 2 is 1.81 bits per heavy atom. The monoisotopic (exact) mass is 230 g/mol. The fourth-order valence-electron chi connectivity index (χ4n) is 2.05. The van der Waals surface area contributed by atoms with Crippen LogP contribution in [0.4, 0.5) is 4.39 Å². The molecule has 0 N–H and O–H groups in total. The SMILES string of the molecule is Fc1ccc2c(c1)Cc1ccccc1SC2. The van der Waals surface area contributed by atoms with Crippen molar-refractivity contribution in [3.8, 4) is 0 Å². The van der Waals surface area contributed by atoms with Crippen molar-refractivity contribution in [2.75, 3.05) is 0 Å². The molecule has 2 aromatic rings. The van der Waals surface area contributed by atoms with Gasteiger partial charge < -0.3 is 0 Å². The Morgan fingerprint density at radius 1 is 0.938 bits per heavy atom. The van der Waals surface area contributed by atoms with E-state index < -0.39 is 0 Å². The summed E-state index contributed by atoms with van der Waals surface area (Å²) in [5.74, 6) is 0.801. The van der Waals surface area contributed by atoms with E-state index >= 15 is 0 Å². The average molecular weight is 230 g/mol. The second kappa shape index (κ2) is 3.95. The molecule has 1 aliphatic rings. The Bertz CT molecular complexity index is 534. The lowest BCUT2D eigenvalue weighted by molar-refractivity contribution is 0.625. The molecule has 16 heavy (non-hydrogen) atoms. The number of benzene rings is 2. The van der Waals surface area contributed by atoms with E-state index in [2.05, 4.69) is 18.2 Å². The second-order valence-electron chi connectivity index (χ2n) is 3.99. The third kappa shape index (κ3) is 1.74. The summed E-state index contributed by atoms with van der Waals surface area (Å²) in [5, 5.41) is 0. The van der Waals surface area contributed by atoms with Crippen molar-refractivity contribution in [1.82, 2.24) is 0 Å². The number of halogens is 1. The molecule has 0 radical (unpaired) electrons. The second-order valence-corrected chi connectivity index (χ2v) is 5.00. The van der Waals surface area contributed by atoms with Gasteiger partial charge in [-0.1, -0.05) is 24.3 Å². The largest absolute Gasteiger partial charge is 0.207 e. The quantitative estimate of drug-likeness (QED) is 0.658. The van der Waals surface area contributed by atoms with Gasteiger partial charge in [0, 0.05) is 10.6 Å². The van der Waals surface area contributed by atoms with E-state index in [0.717, 1.165) is 17.7 Å². The molecule has 2 aromatic carbocycles. The van der Waals surface area contributed by atoms with Crippen LogP contribution in [0.15, 0.2) is 47.4 Å². The topological polar surface area (TPSA) is 0 Å². The maximum Gasteiger partial charge on any atom is 0.123 e. The molecule has 0 saturated heterocycles. The Morgan fingerprint density at radius 3 is 2.75 bits per heavy atom. The minimum Gasteiger partial charge on any atom is -0.207 e. The van der Waals surface area contributed by atoms with Crippen LogP contribution in [0, 0.1) is 5.82 Å². The van der Waals surface area contributed by atoms with Crippen LogP contribution in [0.1, 0.15) is 16.7 Å². The number of hydrogen-bond donors (Lipinski definition) is 0.